The van der Waals surface area contributed by atoms with Crippen LogP contribution in [0.5, 0.6) is 5.75 Å². The number of methoxy groups -OCH3 is 1. The van der Waals surface area contributed by atoms with Crippen LogP contribution in [0.15, 0.2) is 72.8 Å². The Morgan fingerprint density at radius 2 is 1.78 bits per heavy atom. The number of hydrogen-bond donors (Lipinski definition) is 1. The van der Waals surface area contributed by atoms with Crippen LogP contribution < -0.4 is 15.0 Å². The molecule has 1 N–H and O–H groups in total. The number of amides is 2. The van der Waals surface area contributed by atoms with Gasteiger partial charge in [-0.25, -0.2) is 0 Å². The zero-order valence-corrected chi connectivity index (χ0v) is 19.2. The van der Waals surface area contributed by atoms with Gasteiger partial charge < -0.3 is 10.1 Å². The van der Waals surface area contributed by atoms with Crippen molar-refractivity contribution in [1.29, 1.82) is 0 Å². The van der Waals surface area contributed by atoms with Crippen molar-refractivity contribution in [3.63, 3.8) is 0 Å². The van der Waals surface area contributed by atoms with Crippen molar-refractivity contribution >= 4 is 35.0 Å². The summed E-state index contributed by atoms with van der Waals surface area (Å²) < 4.78 is 5.15. The molecule has 32 heavy (non-hydrogen) atoms. The highest BCUT2D eigenvalue weighted by atomic mass is 32.2. The van der Waals surface area contributed by atoms with Gasteiger partial charge in [0.05, 0.1) is 12.9 Å². The van der Waals surface area contributed by atoms with Crippen LogP contribution in [-0.2, 0) is 4.79 Å². The Morgan fingerprint density at radius 3 is 2.44 bits per heavy atom. The summed E-state index contributed by atoms with van der Waals surface area (Å²) in [5, 5.41) is 2.82. The smallest absolute Gasteiger partial charge is 0.255 e. The van der Waals surface area contributed by atoms with E-state index in [1.807, 2.05) is 41.3 Å². The SMILES string of the molecule is COc1ccc(C(=O)Nc2cccc([C@@H]3SCC(=O)N3c3ccc(C(C)C)cc3)c2)cc1. The molecule has 2 amide bonds. The van der Waals surface area contributed by atoms with Crippen molar-refractivity contribution in [3.8, 4) is 5.75 Å². The average Bonchev–Trinajstić information content (AvgIpc) is 3.20. The second kappa shape index (κ2) is 9.49. The van der Waals surface area contributed by atoms with Crippen LogP contribution in [0.3, 0.4) is 0 Å². The number of carbonyl (C=O) groups is 2. The highest BCUT2D eigenvalue weighted by molar-refractivity contribution is 8.00. The Bertz CT molecular complexity index is 1110. The molecule has 1 aliphatic heterocycles. The molecular weight excluding hydrogens is 420 g/mol. The minimum absolute atomic E-state index is 0.0879. The number of anilines is 2. The van der Waals surface area contributed by atoms with Gasteiger partial charge in [-0.05, 0) is 65.6 Å². The van der Waals surface area contributed by atoms with E-state index >= 15 is 0 Å². The minimum atomic E-state index is -0.193. The third kappa shape index (κ3) is 4.65. The van der Waals surface area contributed by atoms with Gasteiger partial charge in [0, 0.05) is 16.9 Å². The number of benzene rings is 3. The van der Waals surface area contributed by atoms with Crippen LogP contribution in [0.4, 0.5) is 11.4 Å². The van der Waals surface area contributed by atoms with Gasteiger partial charge in [-0.3, -0.25) is 14.5 Å². The first-order chi connectivity index (χ1) is 15.5. The molecule has 164 valence electrons. The molecule has 0 bridgehead atoms. The molecule has 5 nitrogen and oxygen atoms in total. The van der Waals surface area contributed by atoms with E-state index in [1.54, 1.807) is 43.1 Å². The average molecular weight is 447 g/mol. The van der Waals surface area contributed by atoms with E-state index in [0.717, 1.165) is 11.3 Å². The van der Waals surface area contributed by atoms with Gasteiger partial charge in [0.15, 0.2) is 0 Å². The van der Waals surface area contributed by atoms with Crippen molar-refractivity contribution < 1.29 is 14.3 Å². The van der Waals surface area contributed by atoms with Crippen LogP contribution in [0.2, 0.25) is 0 Å². The van der Waals surface area contributed by atoms with Gasteiger partial charge in [-0.15, -0.1) is 11.8 Å². The quantitative estimate of drug-likeness (QED) is 0.516. The maximum absolute atomic E-state index is 12.7. The van der Waals surface area contributed by atoms with Gasteiger partial charge in [0.2, 0.25) is 5.91 Å². The third-order valence-electron chi connectivity index (χ3n) is 5.49. The van der Waals surface area contributed by atoms with E-state index in [1.165, 1.54) is 5.56 Å². The van der Waals surface area contributed by atoms with Crippen molar-refractivity contribution in [2.24, 2.45) is 0 Å². The maximum atomic E-state index is 12.7. The van der Waals surface area contributed by atoms with Crippen molar-refractivity contribution in [2.45, 2.75) is 25.1 Å². The molecule has 6 heteroatoms. The molecule has 0 saturated carbocycles. The Morgan fingerprint density at radius 1 is 1.06 bits per heavy atom. The number of carbonyl (C=O) groups excluding carboxylic acids is 2. The molecule has 1 saturated heterocycles. The van der Waals surface area contributed by atoms with Gasteiger partial charge in [0.25, 0.3) is 5.91 Å². The Balaban J connectivity index is 1.54. The number of hydrogen-bond acceptors (Lipinski definition) is 4. The Labute approximate surface area is 192 Å². The molecule has 3 aromatic rings. The van der Waals surface area contributed by atoms with E-state index < -0.39 is 0 Å². The van der Waals surface area contributed by atoms with Gasteiger partial charge in [-0.2, -0.15) is 0 Å². The van der Waals surface area contributed by atoms with Crippen LogP contribution in [0.1, 0.15) is 46.6 Å². The Hall–Kier alpha value is -3.25. The lowest BCUT2D eigenvalue weighted by molar-refractivity contribution is -0.115. The molecule has 4 rings (SSSR count). The van der Waals surface area contributed by atoms with Crippen LogP contribution in [0.25, 0.3) is 0 Å². The lowest BCUT2D eigenvalue weighted by Gasteiger charge is -2.25. The highest BCUT2D eigenvalue weighted by Gasteiger charge is 2.34. The molecule has 1 heterocycles. The molecule has 0 aliphatic carbocycles. The van der Waals surface area contributed by atoms with Crippen LogP contribution >= 0.6 is 11.8 Å². The normalized spacial score (nSPS) is 15.8. The topological polar surface area (TPSA) is 58.6 Å². The summed E-state index contributed by atoms with van der Waals surface area (Å²) in [7, 11) is 1.59. The largest absolute Gasteiger partial charge is 0.497 e. The number of nitrogens with zero attached hydrogens (tertiary/aromatic N) is 1. The number of nitrogens with one attached hydrogen (secondary N) is 1. The lowest BCUT2D eigenvalue weighted by atomic mass is 10.0. The maximum Gasteiger partial charge on any atom is 0.255 e. The van der Waals surface area contributed by atoms with Gasteiger partial charge in [0.1, 0.15) is 11.1 Å². The summed E-state index contributed by atoms with van der Waals surface area (Å²) in [6, 6.07) is 22.9. The summed E-state index contributed by atoms with van der Waals surface area (Å²) in [5.41, 5.74) is 4.35. The minimum Gasteiger partial charge on any atom is -0.497 e. The molecule has 1 atom stereocenters. The summed E-state index contributed by atoms with van der Waals surface area (Å²) in [6.07, 6.45) is 0. The zero-order valence-electron chi connectivity index (χ0n) is 18.4. The molecular formula is C26H26N2O3S. The van der Waals surface area contributed by atoms with Crippen molar-refractivity contribution in [3.05, 3.63) is 89.5 Å². The number of rotatable bonds is 6. The molecule has 1 fully saturated rings. The fourth-order valence-electron chi connectivity index (χ4n) is 3.69. The fourth-order valence-corrected chi connectivity index (χ4v) is 4.85. The van der Waals surface area contributed by atoms with Crippen molar-refractivity contribution in [1.82, 2.24) is 0 Å². The van der Waals surface area contributed by atoms with Crippen LogP contribution in [0, 0.1) is 0 Å². The monoisotopic (exact) mass is 446 g/mol. The molecule has 0 spiro atoms. The Kier molecular flexibility index (Phi) is 6.51. The van der Waals surface area contributed by atoms with E-state index in [9.17, 15) is 9.59 Å². The highest BCUT2D eigenvalue weighted by Crippen LogP contribution is 2.42. The molecule has 0 aromatic heterocycles. The van der Waals surface area contributed by atoms with E-state index in [-0.39, 0.29) is 17.2 Å². The fraction of sp³-hybridized carbons (Fsp3) is 0.231. The lowest BCUT2D eigenvalue weighted by Crippen LogP contribution is -2.27. The zero-order chi connectivity index (χ0) is 22.7. The predicted octanol–water partition coefficient (Wildman–Crippen LogP) is 5.85. The number of ether oxygens (including phenoxy) is 1. The summed E-state index contributed by atoms with van der Waals surface area (Å²) in [6.45, 7) is 4.31. The third-order valence-corrected chi connectivity index (χ3v) is 6.70. The van der Waals surface area contributed by atoms with E-state index in [4.69, 9.17) is 4.74 Å². The number of thioether (sulfide) groups is 1. The van der Waals surface area contributed by atoms with E-state index in [0.29, 0.717) is 28.7 Å². The van der Waals surface area contributed by atoms with E-state index in [2.05, 4.69) is 31.3 Å². The second-order valence-electron chi connectivity index (χ2n) is 7.98. The van der Waals surface area contributed by atoms with Gasteiger partial charge in [-0.1, -0.05) is 38.1 Å². The van der Waals surface area contributed by atoms with Crippen molar-refractivity contribution in [2.75, 3.05) is 23.1 Å². The summed E-state index contributed by atoms with van der Waals surface area (Å²) in [5.74, 6) is 1.47. The predicted molar refractivity (Wildman–Crippen MR) is 131 cm³/mol. The van der Waals surface area contributed by atoms with Crippen LogP contribution in [-0.4, -0.2) is 24.7 Å². The molecule has 0 unspecified atom stereocenters. The standard InChI is InChI=1S/C26H26N2O3S/c1-17(2)18-7-11-22(12-8-18)28-24(29)16-32-26(28)20-5-4-6-21(15-20)27-25(30)19-9-13-23(31-3)14-10-19/h4-15,17,26H,16H2,1-3H3,(H,27,30)/t26-/m0/s1. The second-order valence-corrected chi connectivity index (χ2v) is 9.05. The molecule has 1 aliphatic rings. The molecule has 0 radical (unpaired) electrons. The summed E-state index contributed by atoms with van der Waals surface area (Å²) in [4.78, 5) is 27.2. The first-order valence-electron chi connectivity index (χ1n) is 10.6. The summed E-state index contributed by atoms with van der Waals surface area (Å²) >= 11 is 1.59. The first-order valence-corrected chi connectivity index (χ1v) is 11.6. The van der Waals surface area contributed by atoms with Gasteiger partial charge >= 0.3 is 0 Å². The molecule has 3 aromatic carbocycles. The first kappa shape index (κ1) is 22.0.